The van der Waals surface area contributed by atoms with Crippen molar-refractivity contribution in [3.8, 4) is 5.75 Å². The molecule has 0 amide bonds. The van der Waals surface area contributed by atoms with E-state index in [2.05, 4.69) is 10.6 Å². The standard InChI is InChI=1S/C32H45N4O15P/c1-4-6-14-33-21(17-25(38)39)28(42)50-52(46,49-20-11-9-8-10-12-20)51-29(43)22(34-15-7-5-2)18-26(40)47-19-23-27(41)32(3,45)30(48-23)36-16-13-24(37)35-31(36)44/h8-13,16,21-23,27,30,33-34,41,45H,4-7,14-15,17-19H2,1-3H3,(H,38,39)(H,35,37,44)/t21-,22-,23+,27+,30+,32+,52?/m0/s1. The number of para-hydroxylation sites is 1. The maximum absolute atomic E-state index is 13.9. The minimum Gasteiger partial charge on any atom is -0.481 e. The van der Waals surface area contributed by atoms with Gasteiger partial charge in [0.05, 0.1) is 12.8 Å². The summed E-state index contributed by atoms with van der Waals surface area (Å²) in [6, 6.07) is 5.29. The van der Waals surface area contributed by atoms with Crippen molar-refractivity contribution in [2.24, 2.45) is 0 Å². The molecule has 6 N–H and O–H groups in total. The van der Waals surface area contributed by atoms with E-state index in [0.29, 0.717) is 19.3 Å². The number of aliphatic hydroxyl groups excluding tert-OH is 1. The molecule has 3 rings (SSSR count). The number of hydrogen-bond acceptors (Lipinski definition) is 16. The number of nitrogens with one attached hydrogen (secondary N) is 3. The van der Waals surface area contributed by atoms with Crippen LogP contribution in [0.1, 0.15) is 65.5 Å². The van der Waals surface area contributed by atoms with Gasteiger partial charge in [-0.05, 0) is 45.0 Å². The molecule has 1 aromatic heterocycles. The number of carboxylic acids is 1. The van der Waals surface area contributed by atoms with Crippen LogP contribution >= 0.6 is 7.82 Å². The Morgan fingerprint density at radius 1 is 0.981 bits per heavy atom. The Balaban J connectivity index is 1.76. The van der Waals surface area contributed by atoms with Crippen molar-refractivity contribution < 1.29 is 62.1 Å². The van der Waals surface area contributed by atoms with E-state index < -0.39 is 98.5 Å². The number of carboxylic acid groups (broad SMARTS) is 1. The molecular formula is C32H45N4O15P. The lowest BCUT2D eigenvalue weighted by molar-refractivity contribution is -0.154. The minimum absolute atomic E-state index is 0.122. The Kier molecular flexibility index (Phi) is 15.7. The summed E-state index contributed by atoms with van der Waals surface area (Å²) < 4.78 is 41.2. The quantitative estimate of drug-likeness (QED) is 0.0582. The number of rotatable bonds is 21. The summed E-state index contributed by atoms with van der Waals surface area (Å²) in [6.45, 7) is 4.68. The van der Waals surface area contributed by atoms with Crippen molar-refractivity contribution in [3.63, 3.8) is 0 Å². The molecule has 288 valence electrons. The molecule has 1 unspecified atom stereocenters. The number of aromatic nitrogens is 2. The third-order valence-corrected chi connectivity index (χ3v) is 9.03. The highest BCUT2D eigenvalue weighted by Crippen LogP contribution is 2.50. The van der Waals surface area contributed by atoms with Gasteiger partial charge in [-0.1, -0.05) is 44.9 Å². The molecule has 20 heteroatoms. The van der Waals surface area contributed by atoms with E-state index in [1.54, 1.807) is 6.07 Å². The summed E-state index contributed by atoms with van der Waals surface area (Å²) in [4.78, 5) is 76.8. The first-order chi connectivity index (χ1) is 24.6. The summed E-state index contributed by atoms with van der Waals surface area (Å²) in [5, 5.41) is 36.5. The number of carbonyl (C=O) groups is 4. The van der Waals surface area contributed by atoms with Gasteiger partial charge in [0.15, 0.2) is 6.23 Å². The zero-order valence-electron chi connectivity index (χ0n) is 28.9. The first-order valence-corrected chi connectivity index (χ1v) is 18.1. The molecule has 1 fully saturated rings. The number of aliphatic carboxylic acids is 1. The Morgan fingerprint density at radius 2 is 1.56 bits per heavy atom. The highest BCUT2D eigenvalue weighted by Gasteiger charge is 2.54. The van der Waals surface area contributed by atoms with Gasteiger partial charge in [0, 0.05) is 12.3 Å². The van der Waals surface area contributed by atoms with Crippen LogP contribution in [0.2, 0.25) is 0 Å². The molecule has 1 saturated heterocycles. The molecule has 7 atom stereocenters. The molecule has 1 aromatic carbocycles. The monoisotopic (exact) mass is 756 g/mol. The second-order valence-electron chi connectivity index (χ2n) is 12.1. The number of carbonyl (C=O) groups excluding carboxylic acids is 3. The lowest BCUT2D eigenvalue weighted by Crippen LogP contribution is -2.47. The third kappa shape index (κ3) is 12.1. The van der Waals surface area contributed by atoms with Gasteiger partial charge in [-0.2, -0.15) is 4.57 Å². The number of phosphoric ester groups is 1. The van der Waals surface area contributed by atoms with Crippen LogP contribution in [0.4, 0.5) is 0 Å². The number of aromatic amines is 1. The second kappa shape index (κ2) is 19.4. The summed E-state index contributed by atoms with van der Waals surface area (Å²) >= 11 is 0. The predicted molar refractivity (Wildman–Crippen MR) is 180 cm³/mol. The molecule has 52 heavy (non-hydrogen) atoms. The van der Waals surface area contributed by atoms with E-state index in [1.165, 1.54) is 31.2 Å². The molecule has 1 aliphatic rings. The van der Waals surface area contributed by atoms with Crippen LogP contribution < -0.4 is 26.4 Å². The fraction of sp³-hybridized carbons (Fsp3) is 0.562. The smallest absolute Gasteiger partial charge is 0.481 e. The van der Waals surface area contributed by atoms with E-state index in [1.807, 2.05) is 18.8 Å². The summed E-state index contributed by atoms with van der Waals surface area (Å²) in [5.41, 5.74) is -3.69. The van der Waals surface area contributed by atoms with Crippen molar-refractivity contribution in [2.45, 2.75) is 95.4 Å². The number of H-pyrrole nitrogens is 1. The molecule has 19 nitrogen and oxygen atoms in total. The van der Waals surface area contributed by atoms with Crippen LogP contribution in [0.3, 0.4) is 0 Å². The van der Waals surface area contributed by atoms with Crippen LogP contribution in [0, 0.1) is 0 Å². The van der Waals surface area contributed by atoms with Crippen LogP contribution in [-0.2, 0) is 42.3 Å². The molecule has 0 aliphatic carbocycles. The van der Waals surface area contributed by atoms with Gasteiger partial charge in [-0.15, -0.1) is 0 Å². The Labute approximate surface area is 298 Å². The maximum atomic E-state index is 13.9. The van der Waals surface area contributed by atoms with E-state index >= 15 is 0 Å². The highest BCUT2D eigenvalue weighted by molar-refractivity contribution is 7.50. The number of unbranched alkanes of at least 4 members (excludes halogenated alkanes) is 2. The van der Waals surface area contributed by atoms with Crippen LogP contribution in [0.25, 0.3) is 0 Å². The zero-order valence-corrected chi connectivity index (χ0v) is 29.8. The summed E-state index contributed by atoms with van der Waals surface area (Å²) in [5.74, 6) is -5.19. The Bertz CT molecular complexity index is 1680. The van der Waals surface area contributed by atoms with Crippen molar-refractivity contribution in [2.75, 3.05) is 19.7 Å². The fourth-order valence-electron chi connectivity index (χ4n) is 4.96. The van der Waals surface area contributed by atoms with Gasteiger partial charge in [-0.3, -0.25) is 23.9 Å². The lowest BCUT2D eigenvalue weighted by Gasteiger charge is -2.27. The zero-order chi connectivity index (χ0) is 38.5. The first kappa shape index (κ1) is 42.0. The SMILES string of the molecule is CCCCN[C@@H](CC(=O)O)C(=O)OP(=O)(OC(=O)[C@H](CC(=O)OC[C@H]1O[C@@H](n2ccc(=O)[nH]c2=O)[C@](C)(O)[C@@H]1O)NCCCC)Oc1ccccc1. The number of aliphatic hydroxyl groups is 2. The average Bonchev–Trinajstić information content (AvgIpc) is 3.30. The maximum Gasteiger partial charge on any atom is 0.651 e. The molecule has 1 aliphatic heterocycles. The molecule has 2 aromatic rings. The molecule has 0 radical (unpaired) electrons. The minimum atomic E-state index is -5.18. The van der Waals surface area contributed by atoms with Gasteiger partial charge in [0.1, 0.15) is 42.2 Å². The number of benzene rings is 1. The van der Waals surface area contributed by atoms with Crippen molar-refractivity contribution in [1.82, 2.24) is 20.2 Å². The number of ether oxygens (including phenoxy) is 2. The normalized spacial score (nSPS) is 22.1. The van der Waals surface area contributed by atoms with E-state index in [-0.39, 0.29) is 18.8 Å². The molecule has 0 saturated carbocycles. The highest BCUT2D eigenvalue weighted by atomic mass is 31.2. The number of phosphoric acid groups is 1. The predicted octanol–water partition coefficient (Wildman–Crippen LogP) is 0.744. The topological polar surface area (TPSA) is 271 Å². The lowest BCUT2D eigenvalue weighted by atomic mass is 9.96. The number of esters is 1. The van der Waals surface area contributed by atoms with Crippen molar-refractivity contribution in [1.29, 1.82) is 0 Å². The van der Waals surface area contributed by atoms with Gasteiger partial charge in [0.25, 0.3) is 5.56 Å². The summed E-state index contributed by atoms with van der Waals surface area (Å²) in [6.07, 6.45) is -2.41. The van der Waals surface area contributed by atoms with Crippen LogP contribution in [-0.4, -0.2) is 98.3 Å². The van der Waals surface area contributed by atoms with Gasteiger partial charge < -0.3 is 49.0 Å². The largest absolute Gasteiger partial charge is 0.651 e. The Hall–Kier alpha value is -4.39. The van der Waals surface area contributed by atoms with Gasteiger partial charge >= 0.3 is 37.4 Å². The second-order valence-corrected chi connectivity index (χ2v) is 13.5. The van der Waals surface area contributed by atoms with E-state index in [4.69, 9.17) is 23.0 Å². The van der Waals surface area contributed by atoms with Crippen LogP contribution in [0.5, 0.6) is 5.75 Å². The number of nitrogens with zero attached hydrogens (tertiary/aromatic N) is 1. The summed E-state index contributed by atoms with van der Waals surface area (Å²) in [7, 11) is -5.18. The van der Waals surface area contributed by atoms with Gasteiger partial charge in [0.2, 0.25) is 0 Å². The Morgan fingerprint density at radius 3 is 2.10 bits per heavy atom. The first-order valence-electron chi connectivity index (χ1n) is 16.6. The van der Waals surface area contributed by atoms with Crippen LogP contribution in [0.15, 0.2) is 52.2 Å². The van der Waals surface area contributed by atoms with E-state index in [9.17, 15) is 48.7 Å². The molecule has 0 bridgehead atoms. The van der Waals surface area contributed by atoms with Gasteiger partial charge in [-0.25, -0.2) is 14.4 Å². The van der Waals surface area contributed by atoms with Crippen molar-refractivity contribution >= 4 is 31.7 Å². The van der Waals surface area contributed by atoms with Crippen molar-refractivity contribution in [3.05, 3.63) is 63.4 Å². The third-order valence-electron chi connectivity index (χ3n) is 7.79. The molecule has 2 heterocycles. The van der Waals surface area contributed by atoms with E-state index in [0.717, 1.165) is 23.3 Å². The molecule has 0 spiro atoms. The molecular weight excluding hydrogens is 711 g/mol. The fourth-order valence-corrected chi connectivity index (χ4v) is 6.15. The number of hydrogen-bond donors (Lipinski definition) is 6. The average molecular weight is 757 g/mol.